The fourth-order valence-electron chi connectivity index (χ4n) is 2.38. The Balaban J connectivity index is 1.87. The second kappa shape index (κ2) is 6.68. The van der Waals surface area contributed by atoms with E-state index < -0.39 is 6.10 Å². The second-order valence-corrected chi connectivity index (χ2v) is 5.50. The predicted molar refractivity (Wildman–Crippen MR) is 85.6 cm³/mol. The zero-order valence-corrected chi connectivity index (χ0v) is 13.2. The van der Waals surface area contributed by atoms with Gasteiger partial charge in [-0.2, -0.15) is 0 Å². The summed E-state index contributed by atoms with van der Waals surface area (Å²) in [6, 6.07) is 10.1. The number of nitrogens with one attached hydrogen (secondary N) is 1. The van der Waals surface area contributed by atoms with E-state index in [1.807, 2.05) is 62.7 Å². The first-order valence-corrected chi connectivity index (χ1v) is 7.25. The molecule has 0 saturated heterocycles. The molecule has 0 bridgehead atoms. The van der Waals surface area contributed by atoms with Crippen molar-refractivity contribution < 1.29 is 9.84 Å². The van der Waals surface area contributed by atoms with Crippen LogP contribution in [0.1, 0.15) is 22.5 Å². The number of aliphatic hydroxyl groups excluding tert-OH is 1. The van der Waals surface area contributed by atoms with E-state index in [-0.39, 0.29) is 6.61 Å². The first-order chi connectivity index (χ1) is 9.99. The third-order valence-corrected chi connectivity index (χ3v) is 3.58. The van der Waals surface area contributed by atoms with Crippen LogP contribution < -0.4 is 10.2 Å². The molecule has 4 heteroatoms. The summed E-state index contributed by atoms with van der Waals surface area (Å²) in [5.41, 5.74) is 7.63. The topological polar surface area (TPSA) is 46.4 Å². The third-order valence-electron chi connectivity index (χ3n) is 3.58. The average Bonchev–Trinajstić information content (AvgIpc) is 2.75. The van der Waals surface area contributed by atoms with Crippen LogP contribution in [0.3, 0.4) is 0 Å². The minimum atomic E-state index is -0.565. The summed E-state index contributed by atoms with van der Waals surface area (Å²) in [6.45, 7) is 8.80. The van der Waals surface area contributed by atoms with Gasteiger partial charge in [-0.05, 0) is 51.0 Å². The Morgan fingerprint density at radius 3 is 2.19 bits per heavy atom. The molecule has 1 aromatic heterocycles. The van der Waals surface area contributed by atoms with Crippen molar-refractivity contribution in [2.75, 3.05) is 18.6 Å². The zero-order valence-electron chi connectivity index (χ0n) is 13.2. The van der Waals surface area contributed by atoms with Crippen molar-refractivity contribution in [2.45, 2.75) is 33.8 Å². The van der Waals surface area contributed by atoms with Crippen LogP contribution >= 0.6 is 0 Å². The molecule has 0 aliphatic rings. The van der Waals surface area contributed by atoms with Crippen molar-refractivity contribution >= 4 is 0 Å². The normalized spacial score (nSPS) is 12.2. The molecule has 1 atom stereocenters. The molecule has 0 radical (unpaired) electrons. The second-order valence-electron chi connectivity index (χ2n) is 5.50. The maximum absolute atomic E-state index is 10.1. The highest BCUT2D eigenvalue weighted by Crippen LogP contribution is 2.22. The van der Waals surface area contributed by atoms with Gasteiger partial charge in [0.05, 0.1) is 6.54 Å². The van der Waals surface area contributed by atoms with E-state index in [1.165, 1.54) is 0 Å². The molecule has 0 aliphatic carbocycles. The highest BCUT2D eigenvalue weighted by Gasteiger charge is 2.09. The van der Waals surface area contributed by atoms with Gasteiger partial charge in [-0.25, -0.2) is 0 Å². The molecular formula is C17H24N2O2. The summed E-state index contributed by atoms with van der Waals surface area (Å²) < 4.78 is 7.73. The Bertz CT molecular complexity index is 565. The third kappa shape index (κ3) is 3.79. The Morgan fingerprint density at radius 1 is 1.05 bits per heavy atom. The molecule has 4 nitrogen and oxygen atoms in total. The number of para-hydroxylation sites is 1. The molecule has 0 fully saturated rings. The van der Waals surface area contributed by atoms with Crippen LogP contribution in [0.2, 0.25) is 0 Å². The Labute approximate surface area is 126 Å². The fraction of sp³-hybridized carbons (Fsp3) is 0.412. The van der Waals surface area contributed by atoms with E-state index in [4.69, 9.17) is 4.74 Å². The summed E-state index contributed by atoms with van der Waals surface area (Å²) in [5, 5.41) is 10.1. The Kier molecular flexibility index (Phi) is 4.91. The molecule has 2 N–H and O–H groups in total. The van der Waals surface area contributed by atoms with Crippen LogP contribution in [-0.4, -0.2) is 29.0 Å². The van der Waals surface area contributed by atoms with E-state index in [1.54, 1.807) is 0 Å². The number of hydrogen-bond donors (Lipinski definition) is 2. The molecule has 0 spiro atoms. The van der Waals surface area contributed by atoms with E-state index in [2.05, 4.69) is 5.43 Å². The van der Waals surface area contributed by atoms with Crippen LogP contribution in [-0.2, 0) is 0 Å². The van der Waals surface area contributed by atoms with Gasteiger partial charge in [0, 0.05) is 11.4 Å². The summed E-state index contributed by atoms with van der Waals surface area (Å²) in [7, 11) is 0. The number of aliphatic hydroxyl groups is 1. The standard InChI is InChI=1S/C17H24N2O2/c1-12-6-5-7-13(2)17(12)21-11-16(20)10-18-19-14(3)8-9-15(19)4/h5-9,16,18,20H,10-11H2,1-4H3. The summed E-state index contributed by atoms with van der Waals surface area (Å²) in [6.07, 6.45) is -0.565. The summed E-state index contributed by atoms with van der Waals surface area (Å²) in [4.78, 5) is 0. The maximum atomic E-state index is 10.1. The van der Waals surface area contributed by atoms with Gasteiger partial charge >= 0.3 is 0 Å². The number of hydrogen-bond acceptors (Lipinski definition) is 3. The molecular weight excluding hydrogens is 264 g/mol. The predicted octanol–water partition coefficient (Wildman–Crippen LogP) is 2.71. The lowest BCUT2D eigenvalue weighted by Gasteiger charge is -2.18. The molecule has 2 aromatic rings. The van der Waals surface area contributed by atoms with Crippen LogP contribution in [0.4, 0.5) is 0 Å². The summed E-state index contributed by atoms with van der Waals surface area (Å²) >= 11 is 0. The van der Waals surface area contributed by atoms with Gasteiger partial charge in [0.1, 0.15) is 18.5 Å². The first-order valence-electron chi connectivity index (χ1n) is 7.25. The molecule has 114 valence electrons. The number of nitrogens with zero attached hydrogens (tertiary/aromatic N) is 1. The lowest BCUT2D eigenvalue weighted by atomic mass is 10.1. The number of aromatic nitrogens is 1. The molecule has 21 heavy (non-hydrogen) atoms. The van der Waals surface area contributed by atoms with Crippen molar-refractivity contribution in [1.29, 1.82) is 0 Å². The first kappa shape index (κ1) is 15.4. The molecule has 2 rings (SSSR count). The SMILES string of the molecule is Cc1cccc(C)c1OCC(O)CNn1c(C)ccc1C. The van der Waals surface area contributed by atoms with Crippen LogP contribution in [0.25, 0.3) is 0 Å². The van der Waals surface area contributed by atoms with Crippen molar-refractivity contribution in [1.82, 2.24) is 4.68 Å². The Morgan fingerprint density at radius 2 is 1.62 bits per heavy atom. The van der Waals surface area contributed by atoms with Crippen LogP contribution in [0.15, 0.2) is 30.3 Å². The van der Waals surface area contributed by atoms with Gasteiger partial charge in [0.25, 0.3) is 0 Å². The van der Waals surface area contributed by atoms with Crippen molar-refractivity contribution in [3.05, 3.63) is 52.8 Å². The molecule has 1 unspecified atom stereocenters. The number of aryl methyl sites for hydroxylation is 4. The Hall–Kier alpha value is -1.94. The zero-order chi connectivity index (χ0) is 15.4. The summed E-state index contributed by atoms with van der Waals surface area (Å²) in [5.74, 6) is 0.866. The fourth-order valence-corrected chi connectivity index (χ4v) is 2.38. The highest BCUT2D eigenvalue weighted by atomic mass is 16.5. The number of ether oxygens (including phenoxy) is 1. The monoisotopic (exact) mass is 288 g/mol. The largest absolute Gasteiger partial charge is 0.490 e. The molecule has 0 aliphatic heterocycles. The van der Waals surface area contributed by atoms with Gasteiger partial charge in [-0.15, -0.1) is 0 Å². The number of benzene rings is 1. The maximum Gasteiger partial charge on any atom is 0.125 e. The van der Waals surface area contributed by atoms with Gasteiger partial charge in [-0.3, -0.25) is 4.68 Å². The van der Waals surface area contributed by atoms with Crippen LogP contribution in [0.5, 0.6) is 5.75 Å². The highest BCUT2D eigenvalue weighted by molar-refractivity contribution is 5.39. The molecule has 0 saturated carbocycles. The van der Waals surface area contributed by atoms with E-state index >= 15 is 0 Å². The van der Waals surface area contributed by atoms with Gasteiger partial charge in [-0.1, -0.05) is 18.2 Å². The van der Waals surface area contributed by atoms with Crippen molar-refractivity contribution in [3.8, 4) is 5.75 Å². The minimum Gasteiger partial charge on any atom is -0.490 e. The van der Waals surface area contributed by atoms with E-state index in [0.717, 1.165) is 28.3 Å². The van der Waals surface area contributed by atoms with Crippen LogP contribution in [0, 0.1) is 27.7 Å². The quantitative estimate of drug-likeness (QED) is 0.859. The lowest BCUT2D eigenvalue weighted by molar-refractivity contribution is 0.114. The lowest BCUT2D eigenvalue weighted by Crippen LogP contribution is -2.31. The van der Waals surface area contributed by atoms with E-state index in [0.29, 0.717) is 6.54 Å². The molecule has 0 amide bonds. The molecule has 1 aromatic carbocycles. The van der Waals surface area contributed by atoms with Gasteiger partial charge in [0.2, 0.25) is 0 Å². The molecule has 1 heterocycles. The van der Waals surface area contributed by atoms with E-state index in [9.17, 15) is 5.11 Å². The average molecular weight is 288 g/mol. The van der Waals surface area contributed by atoms with Crippen molar-refractivity contribution in [2.24, 2.45) is 0 Å². The van der Waals surface area contributed by atoms with Gasteiger partial charge in [0.15, 0.2) is 0 Å². The van der Waals surface area contributed by atoms with Crippen molar-refractivity contribution in [3.63, 3.8) is 0 Å². The minimum absolute atomic E-state index is 0.276. The smallest absolute Gasteiger partial charge is 0.125 e. The number of rotatable bonds is 6. The van der Waals surface area contributed by atoms with Gasteiger partial charge < -0.3 is 15.3 Å².